The molecule has 1 aliphatic carbocycles. The summed E-state index contributed by atoms with van der Waals surface area (Å²) in [6.07, 6.45) is 4.49. The Hall–Kier alpha value is -3.22. The second-order valence-corrected chi connectivity index (χ2v) is 9.31. The summed E-state index contributed by atoms with van der Waals surface area (Å²) in [5.41, 5.74) is 3.92. The number of carbonyl (C=O) groups excluding carboxylic acids is 2. The Balaban J connectivity index is 1.39. The standard InChI is InChI=1S/C26H31N3O4/c1-17-20-13-22-23(33-11-10-32-22)14-21(20)26(8-3-4-9-26)16-29(17)25(31)28-15-18-6-5-7-19(12-18)24(30)27-2/h5-7,12-14,17H,3-4,8-11,15-16H2,1-2H3,(H,27,30)(H,28,31). The van der Waals surface area contributed by atoms with Gasteiger partial charge in [-0.05, 0) is 60.7 Å². The molecule has 5 rings (SSSR count). The Morgan fingerprint density at radius 3 is 2.55 bits per heavy atom. The average Bonchev–Trinajstić information content (AvgIpc) is 3.33. The molecule has 1 fully saturated rings. The van der Waals surface area contributed by atoms with Gasteiger partial charge in [-0.15, -0.1) is 0 Å². The van der Waals surface area contributed by atoms with Crippen LogP contribution in [0.4, 0.5) is 4.79 Å². The summed E-state index contributed by atoms with van der Waals surface area (Å²) < 4.78 is 11.7. The number of rotatable bonds is 3. The zero-order valence-electron chi connectivity index (χ0n) is 19.3. The topological polar surface area (TPSA) is 79.9 Å². The Morgan fingerprint density at radius 2 is 1.82 bits per heavy atom. The summed E-state index contributed by atoms with van der Waals surface area (Å²) in [5.74, 6) is 1.46. The van der Waals surface area contributed by atoms with Crippen molar-refractivity contribution in [1.82, 2.24) is 15.5 Å². The van der Waals surface area contributed by atoms with Crippen LogP contribution in [0.2, 0.25) is 0 Å². The van der Waals surface area contributed by atoms with Crippen molar-refractivity contribution in [3.63, 3.8) is 0 Å². The lowest BCUT2D eigenvalue weighted by Crippen LogP contribution is -2.51. The van der Waals surface area contributed by atoms with Gasteiger partial charge in [-0.25, -0.2) is 4.79 Å². The highest BCUT2D eigenvalue weighted by Crippen LogP contribution is 2.51. The molecule has 2 aromatic rings. The number of nitrogens with zero attached hydrogens (tertiary/aromatic N) is 1. The first kappa shape index (κ1) is 21.6. The number of hydrogen-bond donors (Lipinski definition) is 2. The molecular formula is C26H31N3O4. The minimum atomic E-state index is -0.137. The molecule has 1 atom stereocenters. The summed E-state index contributed by atoms with van der Waals surface area (Å²) in [4.78, 5) is 27.3. The Kier molecular flexibility index (Phi) is 5.64. The van der Waals surface area contributed by atoms with Crippen LogP contribution in [0.15, 0.2) is 36.4 Å². The maximum Gasteiger partial charge on any atom is 0.318 e. The molecule has 7 nitrogen and oxygen atoms in total. The number of benzene rings is 2. The van der Waals surface area contributed by atoms with Gasteiger partial charge in [-0.3, -0.25) is 4.79 Å². The molecule has 1 unspecified atom stereocenters. The van der Waals surface area contributed by atoms with Crippen LogP contribution < -0.4 is 20.1 Å². The van der Waals surface area contributed by atoms with Crippen LogP contribution in [0.5, 0.6) is 11.5 Å². The number of carbonyl (C=O) groups is 2. The van der Waals surface area contributed by atoms with E-state index in [1.807, 2.05) is 23.1 Å². The van der Waals surface area contributed by atoms with Gasteiger partial charge in [0, 0.05) is 31.1 Å². The molecule has 2 N–H and O–H groups in total. The number of nitrogens with one attached hydrogen (secondary N) is 2. The highest BCUT2D eigenvalue weighted by molar-refractivity contribution is 5.94. The fourth-order valence-electron chi connectivity index (χ4n) is 5.60. The lowest BCUT2D eigenvalue weighted by atomic mass is 9.71. The number of amides is 3. The lowest BCUT2D eigenvalue weighted by molar-refractivity contribution is 0.0963. The largest absolute Gasteiger partial charge is 0.486 e. The minimum Gasteiger partial charge on any atom is -0.486 e. The molecule has 0 aromatic heterocycles. The molecule has 0 radical (unpaired) electrons. The monoisotopic (exact) mass is 449 g/mol. The third kappa shape index (κ3) is 3.90. The molecule has 7 heteroatoms. The van der Waals surface area contributed by atoms with Crippen molar-refractivity contribution >= 4 is 11.9 Å². The van der Waals surface area contributed by atoms with Crippen LogP contribution in [0.3, 0.4) is 0 Å². The highest BCUT2D eigenvalue weighted by atomic mass is 16.6. The van der Waals surface area contributed by atoms with Crippen molar-refractivity contribution < 1.29 is 19.1 Å². The SMILES string of the molecule is CNC(=O)c1cccc(CNC(=O)N2CC3(CCCC3)c3cc4c(cc3C2C)OCCO4)c1. The molecule has 1 saturated carbocycles. The van der Waals surface area contributed by atoms with Crippen molar-refractivity contribution in [3.05, 3.63) is 58.7 Å². The van der Waals surface area contributed by atoms with Gasteiger partial charge < -0.3 is 25.0 Å². The van der Waals surface area contributed by atoms with Gasteiger partial charge in [-0.1, -0.05) is 25.0 Å². The van der Waals surface area contributed by atoms with Crippen LogP contribution in [0, 0.1) is 0 Å². The summed E-state index contributed by atoms with van der Waals surface area (Å²) >= 11 is 0. The first-order valence-corrected chi connectivity index (χ1v) is 11.8. The normalized spacial score (nSPS) is 20.3. The van der Waals surface area contributed by atoms with E-state index in [1.165, 1.54) is 18.4 Å². The van der Waals surface area contributed by atoms with E-state index in [0.717, 1.165) is 35.5 Å². The molecule has 2 aromatic carbocycles. The predicted molar refractivity (Wildman–Crippen MR) is 125 cm³/mol. The van der Waals surface area contributed by atoms with Gasteiger partial charge in [0.15, 0.2) is 11.5 Å². The summed E-state index contributed by atoms with van der Waals surface area (Å²) in [6, 6.07) is 11.4. The van der Waals surface area contributed by atoms with E-state index in [1.54, 1.807) is 13.1 Å². The van der Waals surface area contributed by atoms with Crippen molar-refractivity contribution in [2.24, 2.45) is 0 Å². The van der Waals surface area contributed by atoms with Crippen LogP contribution in [0.25, 0.3) is 0 Å². The van der Waals surface area contributed by atoms with Gasteiger partial charge in [-0.2, -0.15) is 0 Å². The molecule has 3 amide bonds. The van der Waals surface area contributed by atoms with E-state index >= 15 is 0 Å². The van der Waals surface area contributed by atoms with Gasteiger partial charge in [0.05, 0.1) is 6.04 Å². The van der Waals surface area contributed by atoms with Gasteiger partial charge in [0.2, 0.25) is 0 Å². The number of fused-ring (bicyclic) bond motifs is 3. The van der Waals surface area contributed by atoms with Gasteiger partial charge >= 0.3 is 6.03 Å². The molecule has 2 aliphatic heterocycles. The number of urea groups is 1. The van der Waals surface area contributed by atoms with Crippen LogP contribution >= 0.6 is 0 Å². The summed E-state index contributed by atoms with van der Waals surface area (Å²) in [5, 5.41) is 5.72. The molecule has 2 heterocycles. The fraction of sp³-hybridized carbons (Fsp3) is 0.462. The van der Waals surface area contributed by atoms with Crippen molar-refractivity contribution in [2.75, 3.05) is 26.8 Å². The third-order valence-corrected chi connectivity index (χ3v) is 7.36. The zero-order chi connectivity index (χ0) is 23.0. The van der Waals surface area contributed by atoms with E-state index in [9.17, 15) is 9.59 Å². The zero-order valence-corrected chi connectivity index (χ0v) is 19.3. The smallest absolute Gasteiger partial charge is 0.318 e. The molecule has 33 heavy (non-hydrogen) atoms. The highest BCUT2D eigenvalue weighted by Gasteiger charge is 2.46. The Bertz CT molecular complexity index is 1080. The minimum absolute atomic E-state index is 0.0336. The van der Waals surface area contributed by atoms with E-state index < -0.39 is 0 Å². The summed E-state index contributed by atoms with van der Waals surface area (Å²) in [6.45, 7) is 4.27. The fourth-order valence-corrected chi connectivity index (χ4v) is 5.60. The van der Waals surface area contributed by atoms with Crippen molar-refractivity contribution in [3.8, 4) is 11.5 Å². The quantitative estimate of drug-likeness (QED) is 0.745. The van der Waals surface area contributed by atoms with E-state index in [0.29, 0.717) is 31.9 Å². The van der Waals surface area contributed by atoms with Crippen molar-refractivity contribution in [2.45, 2.75) is 50.6 Å². The first-order valence-electron chi connectivity index (χ1n) is 11.8. The van der Waals surface area contributed by atoms with Crippen molar-refractivity contribution in [1.29, 1.82) is 0 Å². The number of hydrogen-bond acceptors (Lipinski definition) is 4. The van der Waals surface area contributed by atoms with Gasteiger partial charge in [0.1, 0.15) is 13.2 Å². The molecule has 0 bridgehead atoms. The van der Waals surface area contributed by atoms with E-state index in [2.05, 4.69) is 29.7 Å². The second kappa shape index (κ2) is 8.61. The maximum absolute atomic E-state index is 13.4. The van der Waals surface area contributed by atoms with E-state index in [-0.39, 0.29) is 23.4 Å². The third-order valence-electron chi connectivity index (χ3n) is 7.36. The average molecular weight is 450 g/mol. The van der Waals surface area contributed by atoms with Crippen LogP contribution in [0.1, 0.15) is 65.7 Å². The van der Waals surface area contributed by atoms with Crippen LogP contribution in [-0.2, 0) is 12.0 Å². The Morgan fingerprint density at radius 1 is 1.09 bits per heavy atom. The lowest BCUT2D eigenvalue weighted by Gasteiger charge is -2.46. The maximum atomic E-state index is 13.4. The first-order chi connectivity index (χ1) is 16.0. The summed E-state index contributed by atoms with van der Waals surface area (Å²) in [7, 11) is 1.61. The number of ether oxygens (including phenoxy) is 2. The van der Waals surface area contributed by atoms with Gasteiger partial charge in [0.25, 0.3) is 5.91 Å². The molecule has 0 saturated heterocycles. The Labute approximate surface area is 194 Å². The molecule has 174 valence electrons. The molecule has 3 aliphatic rings. The molecular weight excluding hydrogens is 418 g/mol. The van der Waals surface area contributed by atoms with E-state index in [4.69, 9.17) is 9.47 Å². The van der Waals surface area contributed by atoms with Crippen LogP contribution in [-0.4, -0.2) is 43.6 Å². The predicted octanol–water partition coefficient (Wildman–Crippen LogP) is 3.92. The molecule has 1 spiro atoms. The second-order valence-electron chi connectivity index (χ2n) is 9.31.